The third-order valence-electron chi connectivity index (χ3n) is 5.27. The van der Waals surface area contributed by atoms with E-state index in [1.165, 1.54) is 37.7 Å². The second-order valence-corrected chi connectivity index (χ2v) is 6.50. The minimum absolute atomic E-state index is 0.179. The lowest BCUT2D eigenvalue weighted by Gasteiger charge is -2.46. The van der Waals surface area contributed by atoms with Gasteiger partial charge >= 0.3 is 0 Å². The van der Waals surface area contributed by atoms with Crippen LogP contribution in [0.25, 0.3) is 0 Å². The van der Waals surface area contributed by atoms with E-state index < -0.39 is 0 Å². The summed E-state index contributed by atoms with van der Waals surface area (Å²) in [6, 6.07) is 8.38. The van der Waals surface area contributed by atoms with Crippen LogP contribution in [0, 0.1) is 5.92 Å². The van der Waals surface area contributed by atoms with Crippen LogP contribution in [0.1, 0.15) is 44.6 Å². The number of likely N-dealkylation sites (N-methyl/N-ethyl adjacent to an activating group) is 1. The summed E-state index contributed by atoms with van der Waals surface area (Å²) in [5.74, 6) is 1.75. The number of methoxy groups -OCH3 is 1. The molecule has 0 bridgehead atoms. The summed E-state index contributed by atoms with van der Waals surface area (Å²) in [5.41, 5.74) is 7.70. The molecular formula is C18H30N2O. The van der Waals surface area contributed by atoms with Gasteiger partial charge in [0, 0.05) is 18.6 Å². The summed E-state index contributed by atoms with van der Waals surface area (Å²) in [6.07, 6.45) is 6.43. The highest BCUT2D eigenvalue weighted by molar-refractivity contribution is 5.27. The number of benzene rings is 1. The van der Waals surface area contributed by atoms with Gasteiger partial charge in [-0.2, -0.15) is 0 Å². The summed E-state index contributed by atoms with van der Waals surface area (Å²) in [7, 11) is 3.94. The summed E-state index contributed by atoms with van der Waals surface area (Å²) in [5, 5.41) is 0. The van der Waals surface area contributed by atoms with E-state index in [9.17, 15) is 0 Å². The summed E-state index contributed by atoms with van der Waals surface area (Å²) < 4.78 is 5.23. The molecule has 0 heterocycles. The van der Waals surface area contributed by atoms with Crippen LogP contribution < -0.4 is 10.5 Å². The van der Waals surface area contributed by atoms with Crippen molar-refractivity contribution in [2.45, 2.75) is 51.1 Å². The zero-order valence-corrected chi connectivity index (χ0v) is 13.8. The topological polar surface area (TPSA) is 38.5 Å². The maximum absolute atomic E-state index is 6.19. The molecule has 0 amide bonds. The molecule has 1 saturated carbocycles. The molecule has 0 spiro atoms. The molecule has 0 aromatic heterocycles. The molecule has 2 rings (SSSR count). The van der Waals surface area contributed by atoms with Gasteiger partial charge in [0.25, 0.3) is 0 Å². The van der Waals surface area contributed by atoms with E-state index in [4.69, 9.17) is 10.5 Å². The molecule has 2 N–H and O–H groups in total. The van der Waals surface area contributed by atoms with Gasteiger partial charge in [0.2, 0.25) is 0 Å². The monoisotopic (exact) mass is 290 g/mol. The van der Waals surface area contributed by atoms with Gasteiger partial charge in [0.1, 0.15) is 5.75 Å². The van der Waals surface area contributed by atoms with E-state index in [1.807, 2.05) is 12.1 Å². The number of ether oxygens (including phenoxy) is 1. The third-order valence-corrected chi connectivity index (χ3v) is 5.27. The Morgan fingerprint density at radius 1 is 1.33 bits per heavy atom. The molecule has 1 fully saturated rings. The van der Waals surface area contributed by atoms with Crippen LogP contribution >= 0.6 is 0 Å². The molecule has 1 aromatic rings. The lowest BCUT2D eigenvalue weighted by Crippen LogP contribution is -2.54. The van der Waals surface area contributed by atoms with Gasteiger partial charge in [-0.1, -0.05) is 38.3 Å². The molecular weight excluding hydrogens is 260 g/mol. The van der Waals surface area contributed by atoms with Crippen molar-refractivity contribution in [3.8, 4) is 5.75 Å². The van der Waals surface area contributed by atoms with Crippen molar-refractivity contribution in [1.29, 1.82) is 0 Å². The summed E-state index contributed by atoms with van der Waals surface area (Å²) in [4.78, 5) is 2.48. The molecule has 1 aliphatic rings. The maximum atomic E-state index is 6.19. The second-order valence-electron chi connectivity index (χ2n) is 6.50. The van der Waals surface area contributed by atoms with E-state index in [2.05, 4.69) is 31.0 Å². The van der Waals surface area contributed by atoms with Crippen LogP contribution in [0.4, 0.5) is 0 Å². The Hall–Kier alpha value is -1.06. The van der Waals surface area contributed by atoms with Crippen molar-refractivity contribution in [2.75, 3.05) is 20.7 Å². The fraction of sp³-hybridized carbons (Fsp3) is 0.667. The van der Waals surface area contributed by atoms with Crippen molar-refractivity contribution in [1.82, 2.24) is 4.90 Å². The molecule has 1 aromatic carbocycles. The Kier molecular flexibility index (Phi) is 5.65. The molecule has 0 saturated heterocycles. The summed E-state index contributed by atoms with van der Waals surface area (Å²) >= 11 is 0. The maximum Gasteiger partial charge on any atom is 0.118 e. The van der Waals surface area contributed by atoms with E-state index in [1.54, 1.807) is 7.11 Å². The molecule has 2 atom stereocenters. The molecule has 118 valence electrons. The first-order valence-electron chi connectivity index (χ1n) is 8.18. The van der Waals surface area contributed by atoms with Crippen LogP contribution in [0.2, 0.25) is 0 Å². The standard InChI is InChI=1S/C18H30N2O/c1-4-15-6-5-11-18(12-15,14-19)20(2)13-16-7-9-17(21-3)10-8-16/h7-10,15H,4-6,11-14,19H2,1-3H3. The van der Waals surface area contributed by atoms with Crippen molar-refractivity contribution in [3.63, 3.8) is 0 Å². The first kappa shape index (κ1) is 16.3. The van der Waals surface area contributed by atoms with Gasteiger partial charge in [-0.25, -0.2) is 0 Å². The Bertz CT molecular complexity index is 431. The fourth-order valence-electron chi connectivity index (χ4n) is 3.67. The van der Waals surface area contributed by atoms with Crippen LogP contribution in [-0.4, -0.2) is 31.1 Å². The van der Waals surface area contributed by atoms with Gasteiger partial charge in [-0.15, -0.1) is 0 Å². The van der Waals surface area contributed by atoms with Gasteiger partial charge < -0.3 is 10.5 Å². The highest BCUT2D eigenvalue weighted by atomic mass is 16.5. The van der Waals surface area contributed by atoms with Gasteiger partial charge in [-0.05, 0) is 43.5 Å². The Morgan fingerprint density at radius 2 is 2.05 bits per heavy atom. The zero-order chi connectivity index (χ0) is 15.3. The average Bonchev–Trinajstić information content (AvgIpc) is 2.55. The number of rotatable bonds is 6. The van der Waals surface area contributed by atoms with Crippen molar-refractivity contribution >= 4 is 0 Å². The predicted octanol–water partition coefficient (Wildman–Crippen LogP) is 3.42. The summed E-state index contributed by atoms with van der Waals surface area (Å²) in [6.45, 7) is 4.02. The third kappa shape index (κ3) is 3.78. The van der Waals surface area contributed by atoms with Crippen molar-refractivity contribution in [2.24, 2.45) is 11.7 Å². The van der Waals surface area contributed by atoms with Crippen molar-refractivity contribution in [3.05, 3.63) is 29.8 Å². The van der Waals surface area contributed by atoms with E-state index in [0.717, 1.165) is 24.8 Å². The van der Waals surface area contributed by atoms with Crippen LogP contribution in [-0.2, 0) is 6.54 Å². The highest BCUT2D eigenvalue weighted by Gasteiger charge is 2.37. The van der Waals surface area contributed by atoms with Gasteiger partial charge in [0.05, 0.1) is 7.11 Å². The van der Waals surface area contributed by atoms with Crippen molar-refractivity contribution < 1.29 is 4.74 Å². The fourth-order valence-corrected chi connectivity index (χ4v) is 3.67. The Labute approximate surface area is 129 Å². The SMILES string of the molecule is CCC1CCCC(CN)(N(C)Cc2ccc(OC)cc2)C1. The molecule has 21 heavy (non-hydrogen) atoms. The first-order valence-corrected chi connectivity index (χ1v) is 8.18. The predicted molar refractivity (Wildman–Crippen MR) is 88.5 cm³/mol. The van der Waals surface area contributed by atoms with E-state index >= 15 is 0 Å². The molecule has 0 aliphatic heterocycles. The largest absolute Gasteiger partial charge is 0.497 e. The number of hydrogen-bond donors (Lipinski definition) is 1. The van der Waals surface area contributed by atoms with E-state index in [-0.39, 0.29) is 5.54 Å². The highest BCUT2D eigenvalue weighted by Crippen LogP contribution is 2.37. The van der Waals surface area contributed by atoms with Crippen LogP contribution in [0.3, 0.4) is 0 Å². The average molecular weight is 290 g/mol. The van der Waals surface area contributed by atoms with Crippen LogP contribution in [0.15, 0.2) is 24.3 Å². The number of nitrogens with two attached hydrogens (primary N) is 1. The molecule has 3 nitrogen and oxygen atoms in total. The number of hydrogen-bond acceptors (Lipinski definition) is 3. The molecule has 2 unspecified atom stereocenters. The normalized spacial score (nSPS) is 26.0. The number of nitrogens with zero attached hydrogens (tertiary/aromatic N) is 1. The zero-order valence-electron chi connectivity index (χ0n) is 13.8. The molecule has 3 heteroatoms. The Balaban J connectivity index is 2.06. The quantitative estimate of drug-likeness (QED) is 0.872. The molecule has 1 aliphatic carbocycles. The minimum Gasteiger partial charge on any atom is -0.497 e. The minimum atomic E-state index is 0.179. The first-order chi connectivity index (χ1) is 10.1. The Morgan fingerprint density at radius 3 is 2.62 bits per heavy atom. The smallest absolute Gasteiger partial charge is 0.118 e. The van der Waals surface area contributed by atoms with Crippen LogP contribution in [0.5, 0.6) is 5.75 Å². The second kappa shape index (κ2) is 7.28. The van der Waals surface area contributed by atoms with Gasteiger partial charge in [0.15, 0.2) is 0 Å². The van der Waals surface area contributed by atoms with Gasteiger partial charge in [-0.3, -0.25) is 4.90 Å². The van der Waals surface area contributed by atoms with E-state index in [0.29, 0.717) is 0 Å². The molecule has 0 radical (unpaired) electrons. The lowest BCUT2D eigenvalue weighted by molar-refractivity contribution is 0.0504. The lowest BCUT2D eigenvalue weighted by atomic mass is 9.73.